The van der Waals surface area contributed by atoms with E-state index in [9.17, 15) is 8.42 Å². The zero-order valence-corrected chi connectivity index (χ0v) is 15.8. The number of hydrogen-bond acceptors (Lipinski definition) is 5. The zero-order chi connectivity index (χ0) is 18.6. The Bertz CT molecular complexity index is 1170. The summed E-state index contributed by atoms with van der Waals surface area (Å²) in [7, 11) is -3.68. The number of benzene rings is 2. The smallest absolute Gasteiger partial charge is 0.262 e. The number of anilines is 2. The molecule has 0 bridgehead atoms. The molecule has 1 saturated heterocycles. The van der Waals surface area contributed by atoms with Crippen LogP contribution in [0.3, 0.4) is 0 Å². The van der Waals surface area contributed by atoms with Gasteiger partial charge >= 0.3 is 0 Å². The van der Waals surface area contributed by atoms with Crippen LogP contribution in [0.4, 0.5) is 11.4 Å². The number of fused-ring (bicyclic) bond motifs is 5. The van der Waals surface area contributed by atoms with Gasteiger partial charge in [-0.05, 0) is 36.4 Å². The molecule has 2 aliphatic heterocycles. The van der Waals surface area contributed by atoms with E-state index in [0.717, 1.165) is 24.3 Å². The molecule has 0 unspecified atom stereocenters. The van der Waals surface area contributed by atoms with Crippen molar-refractivity contribution in [1.82, 2.24) is 4.98 Å². The van der Waals surface area contributed by atoms with Gasteiger partial charge in [-0.15, -0.1) is 0 Å². The molecule has 2 aliphatic rings. The van der Waals surface area contributed by atoms with Crippen LogP contribution in [-0.2, 0) is 14.8 Å². The Hall–Kier alpha value is -2.35. The largest absolute Gasteiger partial charge is 0.378 e. The molecular weight excluding hydrogens is 386 g/mol. The first-order valence-corrected chi connectivity index (χ1v) is 10.5. The Morgan fingerprint density at radius 2 is 1.93 bits per heavy atom. The number of pyridine rings is 1. The predicted octanol–water partition coefficient (Wildman–Crippen LogP) is 3.51. The van der Waals surface area contributed by atoms with Gasteiger partial charge in [0.15, 0.2) is 0 Å². The molecule has 0 atom stereocenters. The van der Waals surface area contributed by atoms with Crippen molar-refractivity contribution in [3.63, 3.8) is 0 Å². The quantitative estimate of drug-likeness (QED) is 0.675. The molecule has 1 fully saturated rings. The number of morpholine rings is 1. The number of nitrogens with zero attached hydrogens (tertiary/aromatic N) is 2. The highest BCUT2D eigenvalue weighted by Crippen LogP contribution is 2.45. The van der Waals surface area contributed by atoms with Crippen LogP contribution in [0.25, 0.3) is 22.0 Å². The molecule has 3 aromatic rings. The molecule has 0 spiro atoms. The highest BCUT2D eigenvalue weighted by Gasteiger charge is 2.30. The minimum absolute atomic E-state index is 0.248. The van der Waals surface area contributed by atoms with Gasteiger partial charge in [0.2, 0.25) is 0 Å². The summed E-state index contributed by atoms with van der Waals surface area (Å²) in [6.07, 6.45) is 1.63. The molecular formula is C19H16ClN3O3S. The molecule has 8 heteroatoms. The van der Waals surface area contributed by atoms with Gasteiger partial charge < -0.3 is 9.64 Å². The predicted molar refractivity (Wildman–Crippen MR) is 106 cm³/mol. The Morgan fingerprint density at radius 3 is 2.74 bits per heavy atom. The van der Waals surface area contributed by atoms with Gasteiger partial charge in [0, 0.05) is 41.5 Å². The normalized spacial score (nSPS) is 17.9. The van der Waals surface area contributed by atoms with Crippen LogP contribution in [0.15, 0.2) is 47.5 Å². The second kappa shape index (κ2) is 6.09. The summed E-state index contributed by atoms with van der Waals surface area (Å²) in [5.41, 5.74) is 3.37. The average molecular weight is 402 g/mol. The van der Waals surface area contributed by atoms with E-state index in [0.29, 0.717) is 40.4 Å². The first kappa shape index (κ1) is 16.8. The summed E-state index contributed by atoms with van der Waals surface area (Å²) in [4.78, 5) is 6.81. The highest BCUT2D eigenvalue weighted by atomic mass is 35.5. The summed E-state index contributed by atoms with van der Waals surface area (Å²) < 4.78 is 33.8. The second-order valence-electron chi connectivity index (χ2n) is 6.57. The summed E-state index contributed by atoms with van der Waals surface area (Å²) >= 11 is 6.48. The number of ether oxygens (including phenoxy) is 1. The Kier molecular flexibility index (Phi) is 3.79. The molecule has 6 nitrogen and oxygen atoms in total. The molecule has 5 rings (SSSR count). The van der Waals surface area contributed by atoms with Crippen LogP contribution in [0.1, 0.15) is 0 Å². The SMILES string of the molecule is O=S1(=O)Nc2c(cc(Cl)c3cccnc23)-c2cc(N3CCOCC3)ccc21. The molecule has 2 aromatic carbocycles. The van der Waals surface area contributed by atoms with E-state index in [-0.39, 0.29) is 4.90 Å². The molecule has 1 N–H and O–H groups in total. The van der Waals surface area contributed by atoms with Gasteiger partial charge in [-0.1, -0.05) is 11.6 Å². The third-order valence-corrected chi connectivity index (χ3v) is 6.72. The Labute approximate surface area is 161 Å². The molecule has 1 aromatic heterocycles. The lowest BCUT2D eigenvalue weighted by atomic mass is 10.00. The van der Waals surface area contributed by atoms with Gasteiger partial charge in [0.1, 0.15) is 0 Å². The zero-order valence-electron chi connectivity index (χ0n) is 14.3. The van der Waals surface area contributed by atoms with Crippen LogP contribution in [0, 0.1) is 0 Å². The van der Waals surface area contributed by atoms with Crippen molar-refractivity contribution < 1.29 is 13.2 Å². The number of aromatic nitrogens is 1. The maximum absolute atomic E-state index is 12.8. The van der Waals surface area contributed by atoms with E-state index in [4.69, 9.17) is 16.3 Å². The number of sulfonamides is 1. The molecule has 138 valence electrons. The molecule has 0 amide bonds. The fraction of sp³-hybridized carbons (Fsp3) is 0.211. The van der Waals surface area contributed by atoms with Crippen LogP contribution >= 0.6 is 11.6 Å². The van der Waals surface area contributed by atoms with Crippen molar-refractivity contribution in [2.24, 2.45) is 0 Å². The van der Waals surface area contributed by atoms with E-state index >= 15 is 0 Å². The van der Waals surface area contributed by atoms with Gasteiger partial charge in [-0.2, -0.15) is 0 Å². The van der Waals surface area contributed by atoms with Gasteiger partial charge in [0.25, 0.3) is 10.0 Å². The van der Waals surface area contributed by atoms with Crippen LogP contribution in [0.2, 0.25) is 5.02 Å². The van der Waals surface area contributed by atoms with Crippen molar-refractivity contribution in [1.29, 1.82) is 0 Å². The van der Waals surface area contributed by atoms with Crippen molar-refractivity contribution in [2.75, 3.05) is 35.9 Å². The first-order chi connectivity index (χ1) is 13.0. The van der Waals surface area contributed by atoms with E-state index in [2.05, 4.69) is 14.6 Å². The third kappa shape index (κ3) is 2.65. The first-order valence-electron chi connectivity index (χ1n) is 8.62. The molecule has 27 heavy (non-hydrogen) atoms. The van der Waals surface area contributed by atoms with E-state index in [1.807, 2.05) is 24.3 Å². The molecule has 0 radical (unpaired) electrons. The number of rotatable bonds is 1. The monoisotopic (exact) mass is 401 g/mol. The summed E-state index contributed by atoms with van der Waals surface area (Å²) in [5, 5.41) is 1.26. The maximum Gasteiger partial charge on any atom is 0.262 e. The lowest BCUT2D eigenvalue weighted by Crippen LogP contribution is -2.36. The van der Waals surface area contributed by atoms with Crippen LogP contribution in [-0.4, -0.2) is 39.7 Å². The Morgan fingerprint density at radius 1 is 1.11 bits per heavy atom. The highest BCUT2D eigenvalue weighted by molar-refractivity contribution is 7.93. The van der Waals surface area contributed by atoms with Gasteiger partial charge in [0.05, 0.1) is 34.3 Å². The third-order valence-electron chi connectivity index (χ3n) is 5.00. The second-order valence-corrected chi connectivity index (χ2v) is 8.62. The Balaban J connectivity index is 1.77. The molecule has 3 heterocycles. The summed E-state index contributed by atoms with van der Waals surface area (Å²) in [6.45, 7) is 2.87. The molecule has 0 saturated carbocycles. The summed E-state index contributed by atoms with van der Waals surface area (Å²) in [6, 6.07) is 10.8. The standard InChI is InChI=1S/C19H16ClN3O3S/c20-16-11-15-14-10-12(23-6-8-26-9-7-23)3-4-17(14)27(24,25)22-19(15)18-13(16)2-1-5-21-18/h1-5,10-11,22H,6-9H2. The van der Waals surface area contributed by atoms with Crippen molar-refractivity contribution in [3.05, 3.63) is 47.6 Å². The van der Waals surface area contributed by atoms with E-state index in [1.54, 1.807) is 18.3 Å². The maximum atomic E-state index is 12.8. The van der Waals surface area contributed by atoms with Crippen molar-refractivity contribution >= 4 is 43.9 Å². The van der Waals surface area contributed by atoms with Crippen LogP contribution < -0.4 is 9.62 Å². The number of nitrogens with one attached hydrogen (secondary N) is 1. The van der Waals surface area contributed by atoms with Gasteiger partial charge in [-0.25, -0.2) is 8.42 Å². The fourth-order valence-electron chi connectivity index (χ4n) is 3.69. The van der Waals surface area contributed by atoms with Crippen LogP contribution in [0.5, 0.6) is 0 Å². The van der Waals surface area contributed by atoms with E-state index < -0.39 is 10.0 Å². The minimum Gasteiger partial charge on any atom is -0.378 e. The lowest BCUT2D eigenvalue weighted by Gasteiger charge is -2.30. The molecule has 0 aliphatic carbocycles. The lowest BCUT2D eigenvalue weighted by molar-refractivity contribution is 0.122. The van der Waals surface area contributed by atoms with Crippen molar-refractivity contribution in [3.8, 4) is 11.1 Å². The van der Waals surface area contributed by atoms with Gasteiger partial charge in [-0.3, -0.25) is 9.71 Å². The summed E-state index contributed by atoms with van der Waals surface area (Å²) in [5.74, 6) is 0. The fourth-order valence-corrected chi connectivity index (χ4v) is 5.24. The minimum atomic E-state index is -3.68. The van der Waals surface area contributed by atoms with E-state index in [1.165, 1.54) is 0 Å². The van der Waals surface area contributed by atoms with Crippen molar-refractivity contribution in [2.45, 2.75) is 4.90 Å². The topological polar surface area (TPSA) is 71.5 Å². The number of halogens is 1. The average Bonchev–Trinajstić information content (AvgIpc) is 2.70. The number of hydrogen-bond donors (Lipinski definition) is 1.